The lowest BCUT2D eigenvalue weighted by molar-refractivity contribution is -0.151. The van der Waals surface area contributed by atoms with E-state index in [1.807, 2.05) is 6.07 Å². The summed E-state index contributed by atoms with van der Waals surface area (Å²) < 4.78 is 39.4. The smallest absolute Gasteiger partial charge is 0.340 e. The van der Waals surface area contributed by atoms with Gasteiger partial charge in [0.15, 0.2) is 18.4 Å². The number of rotatable bonds is 6. The fourth-order valence-electron chi connectivity index (χ4n) is 2.66. The minimum Gasteiger partial charge on any atom is -0.435 e. The van der Waals surface area contributed by atoms with Crippen molar-refractivity contribution >= 4 is 24.2 Å². The van der Waals surface area contributed by atoms with E-state index in [9.17, 15) is 13.6 Å². The third kappa shape index (κ3) is 3.96. The van der Waals surface area contributed by atoms with E-state index in [0.717, 1.165) is 6.07 Å². The second-order valence-corrected chi connectivity index (χ2v) is 5.50. The fraction of sp³-hybridized carbons (Fsp3) is 0.235. The van der Waals surface area contributed by atoms with E-state index >= 15 is 0 Å². The standard InChI is InChI=1S/C17H15F2N5O3.ClH/c18-13-3-1-2-11(14(13)19)15-12(17(25)27-9-26-5-4-20)8-22-16-10(6-21)7-23-24(15)16;/h1-3,7-8,15,22H,4-5,9,20H2;1H. The van der Waals surface area contributed by atoms with Crippen LogP contribution in [0.2, 0.25) is 0 Å². The number of esters is 1. The van der Waals surface area contributed by atoms with Gasteiger partial charge in [0.25, 0.3) is 0 Å². The molecule has 0 amide bonds. The number of fused-ring (bicyclic) bond motifs is 1. The van der Waals surface area contributed by atoms with E-state index in [1.54, 1.807) is 0 Å². The highest BCUT2D eigenvalue weighted by Gasteiger charge is 2.34. The highest BCUT2D eigenvalue weighted by atomic mass is 35.5. The van der Waals surface area contributed by atoms with Crippen LogP contribution in [0.4, 0.5) is 14.6 Å². The van der Waals surface area contributed by atoms with Crippen LogP contribution in [0.5, 0.6) is 0 Å². The minimum absolute atomic E-state index is 0. The molecule has 1 aromatic heterocycles. The minimum atomic E-state index is -1.12. The van der Waals surface area contributed by atoms with E-state index in [1.165, 1.54) is 29.2 Å². The van der Waals surface area contributed by atoms with Gasteiger partial charge in [0.2, 0.25) is 0 Å². The van der Waals surface area contributed by atoms with Gasteiger partial charge < -0.3 is 20.5 Å². The Balaban J connectivity index is 0.00000280. The summed E-state index contributed by atoms with van der Waals surface area (Å²) in [6.07, 6.45) is 2.54. The number of nitrogens with two attached hydrogens (primary N) is 1. The molecule has 2 heterocycles. The molecular formula is C17H16ClF2N5O3. The number of carbonyl (C=O) groups is 1. The molecule has 0 aliphatic carbocycles. The highest BCUT2D eigenvalue weighted by molar-refractivity contribution is 5.91. The first-order chi connectivity index (χ1) is 13.1. The Morgan fingerprint density at radius 2 is 2.21 bits per heavy atom. The molecule has 1 aliphatic rings. The maximum atomic E-state index is 14.4. The number of nitriles is 1. The van der Waals surface area contributed by atoms with Crippen LogP contribution in [-0.2, 0) is 14.3 Å². The van der Waals surface area contributed by atoms with Gasteiger partial charge in [0, 0.05) is 18.3 Å². The van der Waals surface area contributed by atoms with Crippen molar-refractivity contribution in [1.82, 2.24) is 9.78 Å². The van der Waals surface area contributed by atoms with Crippen LogP contribution in [-0.4, -0.2) is 35.7 Å². The van der Waals surface area contributed by atoms with Crippen molar-refractivity contribution in [2.45, 2.75) is 6.04 Å². The lowest BCUT2D eigenvalue weighted by atomic mass is 9.97. The average Bonchev–Trinajstić information content (AvgIpc) is 3.10. The Morgan fingerprint density at radius 3 is 2.93 bits per heavy atom. The lowest BCUT2D eigenvalue weighted by Gasteiger charge is -2.26. The van der Waals surface area contributed by atoms with Gasteiger partial charge in [-0.1, -0.05) is 12.1 Å². The average molecular weight is 412 g/mol. The number of hydrogen-bond donors (Lipinski definition) is 2. The number of nitrogens with zero attached hydrogens (tertiary/aromatic N) is 3. The Kier molecular flexibility index (Phi) is 7.06. The topological polar surface area (TPSA) is 115 Å². The normalized spacial score (nSPS) is 14.8. The van der Waals surface area contributed by atoms with Gasteiger partial charge in [-0.15, -0.1) is 12.4 Å². The van der Waals surface area contributed by atoms with E-state index in [2.05, 4.69) is 10.4 Å². The lowest BCUT2D eigenvalue weighted by Crippen LogP contribution is -2.28. The molecule has 28 heavy (non-hydrogen) atoms. The van der Waals surface area contributed by atoms with Crippen LogP contribution in [0.15, 0.2) is 36.2 Å². The van der Waals surface area contributed by atoms with Crippen molar-refractivity contribution in [3.8, 4) is 6.07 Å². The summed E-state index contributed by atoms with van der Waals surface area (Å²) in [6.45, 7) is 0.106. The summed E-state index contributed by atoms with van der Waals surface area (Å²) in [5, 5.41) is 16.0. The number of aromatic nitrogens is 2. The van der Waals surface area contributed by atoms with Crippen molar-refractivity contribution in [3.63, 3.8) is 0 Å². The fourth-order valence-corrected chi connectivity index (χ4v) is 2.66. The second kappa shape index (κ2) is 9.27. The largest absolute Gasteiger partial charge is 0.435 e. The zero-order chi connectivity index (χ0) is 19.4. The van der Waals surface area contributed by atoms with E-state index in [-0.39, 0.29) is 54.9 Å². The summed E-state index contributed by atoms with van der Waals surface area (Å²) in [6, 6.07) is 4.42. The van der Waals surface area contributed by atoms with Gasteiger partial charge in [0.05, 0.1) is 18.4 Å². The van der Waals surface area contributed by atoms with Gasteiger partial charge in [-0.05, 0) is 6.07 Å². The van der Waals surface area contributed by atoms with Crippen LogP contribution in [0, 0.1) is 23.0 Å². The molecule has 8 nitrogen and oxygen atoms in total. The third-order valence-corrected chi connectivity index (χ3v) is 3.87. The number of ether oxygens (including phenoxy) is 2. The van der Waals surface area contributed by atoms with E-state index in [4.69, 9.17) is 20.5 Å². The van der Waals surface area contributed by atoms with E-state index < -0.39 is 23.6 Å². The Labute approximate surface area is 164 Å². The summed E-state index contributed by atoms with van der Waals surface area (Å²) in [5.41, 5.74) is 5.31. The third-order valence-electron chi connectivity index (χ3n) is 3.87. The van der Waals surface area contributed by atoms with Crippen LogP contribution in [0.25, 0.3) is 0 Å². The predicted molar refractivity (Wildman–Crippen MR) is 96.4 cm³/mol. The Morgan fingerprint density at radius 1 is 1.43 bits per heavy atom. The van der Waals surface area contributed by atoms with Crippen LogP contribution < -0.4 is 11.1 Å². The maximum Gasteiger partial charge on any atom is 0.340 e. The molecule has 1 aromatic carbocycles. The molecule has 1 unspecified atom stereocenters. The zero-order valence-corrected chi connectivity index (χ0v) is 15.2. The van der Waals surface area contributed by atoms with Crippen LogP contribution in [0.1, 0.15) is 17.2 Å². The molecule has 0 spiro atoms. The number of nitrogens with one attached hydrogen (secondary N) is 1. The molecular weight excluding hydrogens is 396 g/mol. The Hall–Kier alpha value is -3.00. The number of anilines is 1. The molecule has 148 valence electrons. The van der Waals surface area contributed by atoms with Gasteiger partial charge in [-0.2, -0.15) is 10.4 Å². The van der Waals surface area contributed by atoms with Crippen molar-refractivity contribution in [3.05, 3.63) is 58.9 Å². The molecule has 2 aromatic rings. The summed E-state index contributed by atoms with van der Waals surface area (Å²) in [4.78, 5) is 12.5. The first-order valence-electron chi connectivity index (χ1n) is 7.91. The summed E-state index contributed by atoms with van der Waals surface area (Å²) in [7, 11) is 0. The second-order valence-electron chi connectivity index (χ2n) is 5.50. The molecule has 0 radical (unpaired) electrons. The van der Waals surface area contributed by atoms with Crippen LogP contribution >= 0.6 is 12.4 Å². The maximum absolute atomic E-state index is 14.4. The van der Waals surface area contributed by atoms with Crippen molar-refractivity contribution in [2.75, 3.05) is 25.3 Å². The summed E-state index contributed by atoms with van der Waals surface area (Å²) in [5.74, 6) is -2.75. The first kappa shape index (κ1) is 21.3. The zero-order valence-electron chi connectivity index (χ0n) is 14.4. The molecule has 0 saturated carbocycles. The van der Waals surface area contributed by atoms with Gasteiger partial charge >= 0.3 is 5.97 Å². The molecule has 0 saturated heterocycles. The molecule has 3 N–H and O–H groups in total. The molecule has 0 fully saturated rings. The van der Waals surface area contributed by atoms with Crippen molar-refractivity contribution < 1.29 is 23.0 Å². The van der Waals surface area contributed by atoms with Gasteiger partial charge in [-0.25, -0.2) is 18.3 Å². The predicted octanol–water partition coefficient (Wildman–Crippen LogP) is 1.83. The molecule has 1 aliphatic heterocycles. The monoisotopic (exact) mass is 411 g/mol. The number of halogens is 3. The molecule has 0 bridgehead atoms. The quantitative estimate of drug-likeness (QED) is 0.423. The van der Waals surface area contributed by atoms with Crippen molar-refractivity contribution in [2.24, 2.45) is 5.73 Å². The Bertz CT molecular complexity index is 941. The SMILES string of the molecule is Cl.N#Cc1cnn2c1NC=C(C(=O)OCOCCN)C2c1cccc(F)c1F. The first-order valence-corrected chi connectivity index (χ1v) is 7.91. The number of benzene rings is 1. The molecule has 3 rings (SSSR count). The number of carbonyl (C=O) groups excluding carboxylic acids is 1. The summed E-state index contributed by atoms with van der Waals surface area (Å²) >= 11 is 0. The van der Waals surface area contributed by atoms with E-state index in [0.29, 0.717) is 0 Å². The van der Waals surface area contributed by atoms with Crippen molar-refractivity contribution in [1.29, 1.82) is 5.26 Å². The highest BCUT2D eigenvalue weighted by Crippen LogP contribution is 2.36. The van der Waals surface area contributed by atoms with Crippen LogP contribution in [0.3, 0.4) is 0 Å². The molecule has 11 heteroatoms. The van der Waals surface area contributed by atoms with Gasteiger partial charge in [-0.3, -0.25) is 0 Å². The van der Waals surface area contributed by atoms with Gasteiger partial charge in [0.1, 0.15) is 23.5 Å². The molecule has 1 atom stereocenters. The number of hydrogen-bond acceptors (Lipinski definition) is 7.